The summed E-state index contributed by atoms with van der Waals surface area (Å²) in [6, 6.07) is 13.7. The Kier molecular flexibility index (Phi) is 6.80. The Bertz CT molecular complexity index is 1130. The van der Waals surface area contributed by atoms with E-state index >= 15 is 0 Å². The number of hydrogen-bond donors (Lipinski definition) is 2. The Hall–Kier alpha value is -2.82. The van der Waals surface area contributed by atoms with Crippen LogP contribution in [0.2, 0.25) is 0 Å². The summed E-state index contributed by atoms with van der Waals surface area (Å²) < 4.78 is 33.3. The Labute approximate surface area is 179 Å². The van der Waals surface area contributed by atoms with E-state index in [2.05, 4.69) is 20.2 Å². The summed E-state index contributed by atoms with van der Waals surface area (Å²) in [7, 11) is -2.33. The minimum atomic E-state index is -3.92. The molecule has 0 aliphatic carbocycles. The number of methoxy groups -OCH3 is 1. The van der Waals surface area contributed by atoms with Crippen molar-refractivity contribution in [1.82, 2.24) is 14.9 Å². The predicted molar refractivity (Wildman–Crippen MR) is 115 cm³/mol. The van der Waals surface area contributed by atoms with Crippen molar-refractivity contribution in [1.29, 1.82) is 0 Å². The van der Waals surface area contributed by atoms with Crippen molar-refractivity contribution in [3.8, 4) is 5.75 Å². The minimum absolute atomic E-state index is 0.109. The molecule has 1 atom stereocenters. The Morgan fingerprint density at radius 3 is 2.53 bits per heavy atom. The van der Waals surface area contributed by atoms with Gasteiger partial charge < -0.3 is 4.74 Å². The Morgan fingerprint density at radius 1 is 1.17 bits per heavy atom. The van der Waals surface area contributed by atoms with Crippen LogP contribution in [0.1, 0.15) is 40.9 Å². The van der Waals surface area contributed by atoms with Crippen molar-refractivity contribution >= 4 is 32.4 Å². The molecule has 1 heterocycles. The van der Waals surface area contributed by atoms with E-state index in [0.29, 0.717) is 12.0 Å². The van der Waals surface area contributed by atoms with E-state index in [1.165, 1.54) is 0 Å². The molecule has 0 bridgehead atoms. The highest BCUT2D eigenvalue weighted by Gasteiger charge is 2.25. The van der Waals surface area contributed by atoms with Crippen LogP contribution >= 0.6 is 11.3 Å². The lowest BCUT2D eigenvalue weighted by atomic mass is 10.0. The molecule has 0 spiro atoms. The summed E-state index contributed by atoms with van der Waals surface area (Å²) in [5, 5.41) is 10.2. The van der Waals surface area contributed by atoms with Crippen molar-refractivity contribution in [2.75, 3.05) is 12.4 Å². The average molecular weight is 447 g/mol. The van der Waals surface area contributed by atoms with Gasteiger partial charge in [0.2, 0.25) is 9.47 Å². The zero-order chi connectivity index (χ0) is 21.7. The van der Waals surface area contributed by atoms with Gasteiger partial charge >= 0.3 is 0 Å². The topological polar surface area (TPSA) is 110 Å². The zero-order valence-electron chi connectivity index (χ0n) is 16.7. The molecule has 0 fully saturated rings. The van der Waals surface area contributed by atoms with Crippen LogP contribution < -0.4 is 14.8 Å². The molecule has 158 valence electrons. The third-order valence-corrected chi connectivity index (χ3v) is 7.10. The molecular weight excluding hydrogens is 424 g/mol. The molecule has 3 aromatic rings. The molecular formula is C20H22N4O4S2. The van der Waals surface area contributed by atoms with Gasteiger partial charge in [-0.3, -0.25) is 10.1 Å². The normalized spacial score (nSPS) is 12.4. The quantitative estimate of drug-likeness (QED) is 0.512. The first kappa shape index (κ1) is 21.9. The van der Waals surface area contributed by atoms with Crippen molar-refractivity contribution < 1.29 is 17.9 Å². The molecule has 1 aromatic heterocycles. The highest BCUT2D eigenvalue weighted by Crippen LogP contribution is 2.27. The van der Waals surface area contributed by atoms with Crippen LogP contribution in [0.4, 0.5) is 5.13 Å². The molecule has 0 radical (unpaired) electrons. The molecule has 1 amide bonds. The number of amides is 1. The number of sulfonamides is 1. The van der Waals surface area contributed by atoms with Crippen LogP contribution in [0, 0.1) is 6.92 Å². The fraction of sp³-hybridized carbons (Fsp3) is 0.250. The summed E-state index contributed by atoms with van der Waals surface area (Å²) in [6.45, 7) is 3.79. The smallest absolute Gasteiger partial charge is 0.270 e. The van der Waals surface area contributed by atoms with Gasteiger partial charge in [0.1, 0.15) is 5.75 Å². The Balaban J connectivity index is 1.75. The lowest BCUT2D eigenvalue weighted by Crippen LogP contribution is -2.28. The number of carbonyl (C=O) groups excluding carboxylic acids is 1. The third kappa shape index (κ3) is 5.02. The predicted octanol–water partition coefficient (Wildman–Crippen LogP) is 3.54. The van der Waals surface area contributed by atoms with E-state index < -0.39 is 16.1 Å². The van der Waals surface area contributed by atoms with Gasteiger partial charge in [-0.05, 0) is 42.7 Å². The number of aromatic nitrogens is 2. The van der Waals surface area contributed by atoms with Crippen molar-refractivity contribution in [3.63, 3.8) is 0 Å². The fourth-order valence-corrected chi connectivity index (χ4v) is 5.09. The van der Waals surface area contributed by atoms with Crippen molar-refractivity contribution in [2.45, 2.75) is 30.6 Å². The van der Waals surface area contributed by atoms with Crippen molar-refractivity contribution in [2.24, 2.45) is 0 Å². The molecule has 0 saturated carbocycles. The van der Waals surface area contributed by atoms with Crippen LogP contribution in [0.3, 0.4) is 0 Å². The summed E-state index contributed by atoms with van der Waals surface area (Å²) in [4.78, 5) is 12.2. The van der Waals surface area contributed by atoms with Gasteiger partial charge in [-0.25, -0.2) is 13.1 Å². The number of nitrogens with zero attached hydrogens (tertiary/aromatic N) is 2. The SMILES string of the molecule is CC[C@@H](NS(=O)(=O)c1nnc(NC(=O)c2ccccc2)s1)c1ccc(OC)c(C)c1. The van der Waals surface area contributed by atoms with Crippen LogP contribution in [-0.2, 0) is 10.0 Å². The maximum absolute atomic E-state index is 12.8. The molecule has 2 N–H and O–H groups in total. The monoisotopic (exact) mass is 446 g/mol. The standard InChI is InChI=1S/C20H22N4O4S2/c1-4-16(15-10-11-17(28-3)13(2)12-15)24-30(26,27)20-23-22-19(29-20)21-18(25)14-8-6-5-7-9-14/h5-12,16,24H,4H2,1-3H3,(H,21,22,25)/t16-/m1/s1. The number of anilines is 1. The molecule has 0 aliphatic rings. The van der Waals surface area contributed by atoms with Crippen LogP contribution in [-0.4, -0.2) is 31.6 Å². The van der Waals surface area contributed by atoms with Gasteiger partial charge in [-0.1, -0.05) is 48.6 Å². The average Bonchev–Trinajstić information content (AvgIpc) is 3.22. The molecule has 0 unspecified atom stereocenters. The summed E-state index contributed by atoms with van der Waals surface area (Å²) in [5.41, 5.74) is 2.17. The van der Waals surface area contributed by atoms with E-state index in [1.54, 1.807) is 37.4 Å². The van der Waals surface area contributed by atoms with Crippen molar-refractivity contribution in [3.05, 3.63) is 65.2 Å². The van der Waals surface area contributed by atoms with Gasteiger partial charge in [0.05, 0.1) is 7.11 Å². The van der Waals surface area contributed by atoms with Crippen LogP contribution in [0.5, 0.6) is 5.75 Å². The molecule has 0 saturated heterocycles. The molecule has 0 aliphatic heterocycles. The van der Waals surface area contributed by atoms with Gasteiger partial charge in [0.15, 0.2) is 0 Å². The van der Waals surface area contributed by atoms with E-state index in [0.717, 1.165) is 28.2 Å². The second-order valence-corrected chi connectivity index (χ2v) is 9.37. The second kappa shape index (κ2) is 9.33. The molecule has 8 nitrogen and oxygen atoms in total. The van der Waals surface area contributed by atoms with E-state index in [-0.39, 0.29) is 15.4 Å². The highest BCUT2D eigenvalue weighted by atomic mass is 32.2. The van der Waals surface area contributed by atoms with Crippen LogP contribution in [0.25, 0.3) is 0 Å². The largest absolute Gasteiger partial charge is 0.496 e. The van der Waals surface area contributed by atoms with E-state index in [9.17, 15) is 13.2 Å². The molecule has 10 heteroatoms. The van der Waals surface area contributed by atoms with E-state index in [4.69, 9.17) is 4.74 Å². The van der Waals surface area contributed by atoms with E-state index in [1.807, 2.05) is 32.0 Å². The number of ether oxygens (including phenoxy) is 1. The number of nitrogens with one attached hydrogen (secondary N) is 2. The first-order chi connectivity index (χ1) is 14.3. The number of aryl methyl sites for hydroxylation is 1. The number of carbonyl (C=O) groups is 1. The zero-order valence-corrected chi connectivity index (χ0v) is 18.4. The number of benzene rings is 2. The molecule has 2 aromatic carbocycles. The first-order valence-electron chi connectivity index (χ1n) is 9.20. The lowest BCUT2D eigenvalue weighted by Gasteiger charge is -2.17. The second-order valence-electron chi connectivity index (χ2n) is 6.50. The first-order valence-corrected chi connectivity index (χ1v) is 11.5. The summed E-state index contributed by atoms with van der Waals surface area (Å²) in [5.74, 6) is 0.350. The maximum Gasteiger partial charge on any atom is 0.270 e. The Morgan fingerprint density at radius 2 is 1.90 bits per heavy atom. The van der Waals surface area contributed by atoms with Crippen LogP contribution in [0.15, 0.2) is 52.9 Å². The van der Waals surface area contributed by atoms with Gasteiger partial charge in [0, 0.05) is 11.6 Å². The number of rotatable bonds is 8. The van der Waals surface area contributed by atoms with Gasteiger partial charge in [-0.2, -0.15) is 0 Å². The summed E-state index contributed by atoms with van der Waals surface area (Å²) >= 11 is 0.795. The minimum Gasteiger partial charge on any atom is -0.496 e. The van der Waals surface area contributed by atoms with Gasteiger partial charge in [-0.15, -0.1) is 10.2 Å². The van der Waals surface area contributed by atoms with Gasteiger partial charge in [0.25, 0.3) is 15.9 Å². The molecule has 30 heavy (non-hydrogen) atoms. The number of hydrogen-bond acceptors (Lipinski definition) is 7. The molecule has 3 rings (SSSR count). The fourth-order valence-electron chi connectivity index (χ4n) is 2.87. The lowest BCUT2D eigenvalue weighted by molar-refractivity contribution is 0.102. The third-order valence-electron chi connectivity index (χ3n) is 4.42. The summed E-state index contributed by atoms with van der Waals surface area (Å²) in [6.07, 6.45) is 0.543. The highest BCUT2D eigenvalue weighted by molar-refractivity contribution is 7.91. The maximum atomic E-state index is 12.8.